The first-order valence-electron chi connectivity index (χ1n) is 11.2. The number of fused-ring (bicyclic) bond motifs is 1. The summed E-state index contributed by atoms with van der Waals surface area (Å²) in [4.78, 5) is 16.0. The molecule has 0 N–H and O–H groups in total. The van der Waals surface area contributed by atoms with Crippen molar-refractivity contribution >= 4 is 31.3 Å². The van der Waals surface area contributed by atoms with E-state index < -0.39 is 49.4 Å². The van der Waals surface area contributed by atoms with Crippen LogP contribution >= 0.6 is 0 Å². The minimum atomic E-state index is -4.71. The van der Waals surface area contributed by atoms with Gasteiger partial charge in [-0.05, 0) is 49.2 Å². The molecule has 8 nitrogen and oxygen atoms in total. The number of piperazine rings is 1. The number of aryl methyl sites for hydroxylation is 1. The van der Waals surface area contributed by atoms with Gasteiger partial charge in [-0.15, -0.1) is 0 Å². The van der Waals surface area contributed by atoms with E-state index in [1.54, 1.807) is 4.90 Å². The molecule has 2 aliphatic heterocycles. The van der Waals surface area contributed by atoms with Crippen LogP contribution in [0.1, 0.15) is 22.8 Å². The number of carbonyl (C=O) groups excluding carboxylic acids is 1. The van der Waals surface area contributed by atoms with Gasteiger partial charge in [0.05, 0.1) is 26.8 Å². The molecule has 0 radical (unpaired) electrons. The van der Waals surface area contributed by atoms with Crippen LogP contribution < -0.4 is 9.64 Å². The molecule has 4 rings (SSSR count). The van der Waals surface area contributed by atoms with Crippen LogP contribution in [0.25, 0.3) is 0 Å². The van der Waals surface area contributed by atoms with Crippen molar-refractivity contribution < 1.29 is 43.9 Å². The SMILES string of the molecule is C[C@H](Oc1ccc(S(C)(=O)=O)cc1C(=O)N1CCN(c2cc3c(cc2F)CCS3(=O)=O)CC1)C(F)(F)F. The van der Waals surface area contributed by atoms with Crippen LogP contribution in [-0.4, -0.2) is 78.1 Å². The molecule has 0 bridgehead atoms. The first-order chi connectivity index (χ1) is 17.1. The minimum absolute atomic E-state index is 0.0273. The van der Waals surface area contributed by atoms with Gasteiger partial charge in [0.25, 0.3) is 5.91 Å². The monoisotopic (exact) mass is 564 g/mol. The van der Waals surface area contributed by atoms with E-state index in [4.69, 9.17) is 4.74 Å². The molecule has 0 aliphatic carbocycles. The van der Waals surface area contributed by atoms with Crippen LogP contribution in [0.2, 0.25) is 0 Å². The summed E-state index contributed by atoms with van der Waals surface area (Å²) in [5, 5.41) is 0. The highest BCUT2D eigenvalue weighted by atomic mass is 32.2. The Morgan fingerprint density at radius 3 is 2.32 bits per heavy atom. The zero-order valence-corrected chi connectivity index (χ0v) is 21.5. The van der Waals surface area contributed by atoms with Crippen LogP contribution in [0, 0.1) is 5.82 Å². The average molecular weight is 565 g/mol. The Bertz CT molecular complexity index is 1450. The lowest BCUT2D eigenvalue weighted by Crippen LogP contribution is -2.49. The van der Waals surface area contributed by atoms with Gasteiger partial charge in [-0.25, -0.2) is 21.2 Å². The van der Waals surface area contributed by atoms with Crippen molar-refractivity contribution in [2.45, 2.75) is 35.4 Å². The number of hydrogen-bond acceptors (Lipinski definition) is 7. The van der Waals surface area contributed by atoms with Gasteiger partial charge >= 0.3 is 6.18 Å². The predicted molar refractivity (Wildman–Crippen MR) is 126 cm³/mol. The molecule has 37 heavy (non-hydrogen) atoms. The van der Waals surface area contributed by atoms with Crippen LogP contribution in [0.5, 0.6) is 5.75 Å². The van der Waals surface area contributed by atoms with Crippen molar-refractivity contribution in [2.75, 3.05) is 43.1 Å². The molecule has 1 atom stereocenters. The molecule has 2 aliphatic rings. The Morgan fingerprint density at radius 2 is 1.73 bits per heavy atom. The van der Waals surface area contributed by atoms with Crippen LogP contribution in [0.15, 0.2) is 40.1 Å². The number of halogens is 4. The summed E-state index contributed by atoms with van der Waals surface area (Å²) in [6, 6.07) is 5.56. The second-order valence-electron chi connectivity index (χ2n) is 8.99. The van der Waals surface area contributed by atoms with Gasteiger partial charge in [0.1, 0.15) is 11.6 Å². The molecular weight excluding hydrogens is 540 g/mol. The summed E-state index contributed by atoms with van der Waals surface area (Å²) < 4.78 is 107. The lowest BCUT2D eigenvalue weighted by Gasteiger charge is -2.36. The number of benzene rings is 2. The second kappa shape index (κ2) is 9.46. The van der Waals surface area contributed by atoms with Gasteiger partial charge in [-0.3, -0.25) is 4.79 Å². The Hall–Kier alpha value is -2.87. The fourth-order valence-electron chi connectivity index (χ4n) is 4.25. The molecule has 0 spiro atoms. The van der Waals surface area contributed by atoms with Crippen LogP contribution in [-0.2, 0) is 26.1 Å². The summed E-state index contributed by atoms with van der Waals surface area (Å²) in [5.74, 6) is -1.84. The van der Waals surface area contributed by atoms with Gasteiger partial charge < -0.3 is 14.5 Å². The fraction of sp³-hybridized carbons (Fsp3) is 0.435. The number of hydrogen-bond donors (Lipinski definition) is 0. The number of alkyl halides is 3. The maximum atomic E-state index is 14.7. The van der Waals surface area contributed by atoms with Crippen molar-refractivity contribution in [1.82, 2.24) is 4.90 Å². The van der Waals surface area contributed by atoms with Crippen LogP contribution in [0.4, 0.5) is 23.2 Å². The fourth-order valence-corrected chi connectivity index (χ4v) is 6.46. The maximum absolute atomic E-state index is 14.7. The van der Waals surface area contributed by atoms with Gasteiger partial charge in [-0.1, -0.05) is 0 Å². The molecule has 1 saturated heterocycles. The Kier molecular flexibility index (Phi) is 6.95. The standard InChI is InChI=1S/C23H24F4N2O6S2/c1-14(23(25,26)27)35-20-4-3-16(36(2,31)32)12-17(20)22(30)29-8-6-28(7-9-29)19-13-21-15(11-18(19)24)5-10-37(21,33)34/h3-4,11-14H,5-10H2,1-2H3/t14-/m0/s1. The number of amides is 1. The van der Waals surface area contributed by atoms with E-state index in [-0.39, 0.29) is 59.4 Å². The number of anilines is 1. The molecule has 1 fully saturated rings. The van der Waals surface area contributed by atoms with Crippen LogP contribution in [0.3, 0.4) is 0 Å². The van der Waals surface area contributed by atoms with E-state index in [1.807, 2.05) is 0 Å². The highest BCUT2D eigenvalue weighted by Gasteiger charge is 2.39. The van der Waals surface area contributed by atoms with E-state index in [2.05, 4.69) is 0 Å². The summed E-state index contributed by atoms with van der Waals surface area (Å²) in [6.07, 6.45) is -5.82. The molecular formula is C23H24F4N2O6S2. The lowest BCUT2D eigenvalue weighted by atomic mass is 10.1. The zero-order chi connectivity index (χ0) is 27.3. The Balaban J connectivity index is 1.57. The number of ether oxygens (including phenoxy) is 1. The number of sulfone groups is 2. The van der Waals surface area contributed by atoms with E-state index in [0.29, 0.717) is 5.56 Å². The second-order valence-corrected chi connectivity index (χ2v) is 13.1. The molecule has 2 heterocycles. The van der Waals surface area contributed by atoms with E-state index in [9.17, 15) is 39.2 Å². The summed E-state index contributed by atoms with van der Waals surface area (Å²) >= 11 is 0. The highest BCUT2D eigenvalue weighted by Crippen LogP contribution is 2.34. The number of carbonyl (C=O) groups is 1. The average Bonchev–Trinajstić information content (AvgIpc) is 3.10. The van der Waals surface area contributed by atoms with E-state index >= 15 is 0 Å². The zero-order valence-electron chi connectivity index (χ0n) is 19.9. The quantitative estimate of drug-likeness (QED) is 0.407. The summed E-state index contributed by atoms with van der Waals surface area (Å²) in [5.41, 5.74) is 0.155. The summed E-state index contributed by atoms with van der Waals surface area (Å²) in [7, 11) is -7.26. The van der Waals surface area contributed by atoms with Gasteiger partial charge in [-0.2, -0.15) is 13.2 Å². The third kappa shape index (κ3) is 5.54. The van der Waals surface area contributed by atoms with Crippen molar-refractivity contribution in [3.05, 3.63) is 47.3 Å². The minimum Gasteiger partial charge on any atom is -0.480 e. The highest BCUT2D eigenvalue weighted by molar-refractivity contribution is 7.91. The van der Waals surface area contributed by atoms with Gasteiger partial charge in [0.2, 0.25) is 0 Å². The van der Waals surface area contributed by atoms with Crippen molar-refractivity contribution in [1.29, 1.82) is 0 Å². The molecule has 0 aromatic heterocycles. The smallest absolute Gasteiger partial charge is 0.425 e. The maximum Gasteiger partial charge on any atom is 0.425 e. The van der Waals surface area contributed by atoms with E-state index in [0.717, 1.165) is 31.4 Å². The molecule has 202 valence electrons. The Labute approximate surface area is 211 Å². The third-order valence-corrected chi connectivity index (χ3v) is 9.29. The predicted octanol–water partition coefficient (Wildman–Crippen LogP) is 2.85. The summed E-state index contributed by atoms with van der Waals surface area (Å²) in [6.45, 7) is 1.05. The van der Waals surface area contributed by atoms with E-state index in [1.165, 1.54) is 17.0 Å². The topological polar surface area (TPSA) is 101 Å². The molecule has 0 unspecified atom stereocenters. The molecule has 14 heteroatoms. The van der Waals surface area contributed by atoms with Gasteiger partial charge in [0.15, 0.2) is 25.8 Å². The molecule has 2 aromatic rings. The third-order valence-electron chi connectivity index (χ3n) is 6.39. The Morgan fingerprint density at radius 1 is 1.08 bits per heavy atom. The molecule has 0 saturated carbocycles. The normalized spacial score (nSPS) is 18.4. The molecule has 1 amide bonds. The largest absolute Gasteiger partial charge is 0.480 e. The molecule has 2 aromatic carbocycles. The first-order valence-corrected chi connectivity index (χ1v) is 14.8. The van der Waals surface area contributed by atoms with Crippen molar-refractivity contribution in [3.63, 3.8) is 0 Å². The number of rotatable bonds is 5. The van der Waals surface area contributed by atoms with Gasteiger partial charge in [0, 0.05) is 32.4 Å². The number of nitrogens with zero attached hydrogens (tertiary/aromatic N) is 2. The lowest BCUT2D eigenvalue weighted by molar-refractivity contribution is -0.189. The first kappa shape index (κ1) is 27.2. The van der Waals surface area contributed by atoms with Crippen molar-refractivity contribution in [3.8, 4) is 5.75 Å². The van der Waals surface area contributed by atoms with Crippen molar-refractivity contribution in [2.24, 2.45) is 0 Å².